The second-order valence-electron chi connectivity index (χ2n) is 4.48. The first-order chi connectivity index (χ1) is 9.08. The van der Waals surface area contributed by atoms with E-state index in [9.17, 15) is 5.11 Å². The Morgan fingerprint density at radius 2 is 2.26 bits per heavy atom. The van der Waals surface area contributed by atoms with E-state index in [4.69, 9.17) is 21.3 Å². The average molecular weight is 267 g/mol. The third-order valence-corrected chi connectivity index (χ3v) is 3.18. The molecule has 9 nitrogen and oxygen atoms in total. The van der Waals surface area contributed by atoms with Gasteiger partial charge in [0.15, 0.2) is 6.23 Å². The Kier molecular flexibility index (Phi) is 2.73. The summed E-state index contributed by atoms with van der Waals surface area (Å²) >= 11 is 0. The van der Waals surface area contributed by atoms with Crippen LogP contribution in [0.15, 0.2) is 6.20 Å². The topological polar surface area (TPSA) is 147 Å². The number of aromatic nitrogens is 4. The Balaban J connectivity index is 1.98. The van der Waals surface area contributed by atoms with Crippen LogP contribution in [0.3, 0.4) is 0 Å². The van der Waals surface area contributed by atoms with Crippen LogP contribution < -0.4 is 16.0 Å². The molecule has 1 aliphatic rings. The number of nitrogens with two attached hydrogens (primary N) is 2. The van der Waals surface area contributed by atoms with Gasteiger partial charge in [-0.3, -0.25) is 5.73 Å². The van der Waals surface area contributed by atoms with Crippen LogP contribution in [0.4, 0.5) is 11.9 Å². The zero-order valence-electron chi connectivity index (χ0n) is 10.0. The molecular formula is C10H15N6O3+. The first kappa shape index (κ1) is 12.1. The average Bonchev–Trinajstić information content (AvgIpc) is 2.89. The molecule has 0 aromatic carbocycles. The normalized spacial score (nSPS) is 27.2. The zero-order chi connectivity index (χ0) is 13.6. The van der Waals surface area contributed by atoms with Gasteiger partial charge in [0.25, 0.3) is 5.65 Å². The molecule has 2 aromatic rings. The van der Waals surface area contributed by atoms with Crippen molar-refractivity contribution in [3.8, 4) is 0 Å². The van der Waals surface area contributed by atoms with E-state index in [1.807, 2.05) is 0 Å². The Bertz CT molecular complexity index is 615. The van der Waals surface area contributed by atoms with Crippen LogP contribution >= 0.6 is 0 Å². The summed E-state index contributed by atoms with van der Waals surface area (Å²) in [6.07, 6.45) is 0.187. The molecule has 19 heavy (non-hydrogen) atoms. The van der Waals surface area contributed by atoms with Crippen LogP contribution in [0.1, 0.15) is 12.6 Å². The molecule has 1 unspecified atom stereocenters. The molecule has 3 atom stereocenters. The fourth-order valence-electron chi connectivity index (χ4n) is 2.22. The molecular weight excluding hydrogens is 252 g/mol. The molecule has 1 saturated heterocycles. The van der Waals surface area contributed by atoms with Crippen molar-refractivity contribution in [2.75, 3.05) is 18.1 Å². The van der Waals surface area contributed by atoms with Crippen molar-refractivity contribution < 1.29 is 19.5 Å². The van der Waals surface area contributed by atoms with Gasteiger partial charge in [-0.2, -0.15) is 4.98 Å². The van der Waals surface area contributed by atoms with Gasteiger partial charge in [-0.25, -0.2) is 4.57 Å². The summed E-state index contributed by atoms with van der Waals surface area (Å²) in [5, 5.41) is 18.8. The lowest BCUT2D eigenvalue weighted by Crippen LogP contribution is -2.43. The predicted molar refractivity (Wildman–Crippen MR) is 64.5 cm³/mol. The van der Waals surface area contributed by atoms with Gasteiger partial charge in [0.1, 0.15) is 11.6 Å². The number of aliphatic hydroxyl groups excluding tert-OH is 2. The fraction of sp³-hybridized carbons (Fsp3) is 0.500. The highest BCUT2D eigenvalue weighted by Gasteiger charge is 2.37. The highest BCUT2D eigenvalue weighted by atomic mass is 16.5. The number of nitrogen functional groups attached to an aromatic ring is 2. The van der Waals surface area contributed by atoms with Crippen LogP contribution in [0.2, 0.25) is 0 Å². The Morgan fingerprint density at radius 3 is 2.95 bits per heavy atom. The van der Waals surface area contributed by atoms with Crippen LogP contribution in [0, 0.1) is 0 Å². The standard InChI is InChI=1S/C10H14N6O3/c11-9-13-4-2-16(10(12)15-8(4)14-9)7-1-5(18)6(3-17)19-7/h2,5-7,17-18H,1,3H2,(H4,11,12,13,14,15)/p+1/t5-,6+,7?/m0/s1. The maximum atomic E-state index is 9.73. The van der Waals surface area contributed by atoms with Crippen molar-refractivity contribution in [2.45, 2.75) is 24.9 Å². The third kappa shape index (κ3) is 1.97. The summed E-state index contributed by atoms with van der Waals surface area (Å²) < 4.78 is 7.11. The SMILES string of the molecule is Nc1nc2nc(N)[n+](C3C[C@H](O)[C@@H](CO)O3)cc2[nH]1. The first-order valence-electron chi connectivity index (χ1n) is 5.85. The Hall–Kier alpha value is -1.97. The van der Waals surface area contributed by atoms with Gasteiger partial charge in [-0.1, -0.05) is 0 Å². The van der Waals surface area contributed by atoms with Crippen molar-refractivity contribution in [2.24, 2.45) is 0 Å². The number of H-pyrrole nitrogens is 1. The number of fused-ring (bicyclic) bond motifs is 1. The minimum Gasteiger partial charge on any atom is -0.394 e. The maximum Gasteiger partial charge on any atom is 0.393 e. The summed E-state index contributed by atoms with van der Waals surface area (Å²) in [6, 6.07) is 0. The molecule has 2 aromatic heterocycles. The number of aliphatic hydroxyl groups is 2. The molecule has 0 radical (unpaired) electrons. The maximum absolute atomic E-state index is 9.73. The van der Waals surface area contributed by atoms with Crippen molar-refractivity contribution in [1.29, 1.82) is 0 Å². The Morgan fingerprint density at radius 1 is 1.47 bits per heavy atom. The van der Waals surface area contributed by atoms with Crippen LogP contribution in [0.25, 0.3) is 11.2 Å². The molecule has 9 heteroatoms. The highest BCUT2D eigenvalue weighted by Crippen LogP contribution is 2.25. The lowest BCUT2D eigenvalue weighted by molar-refractivity contribution is -0.747. The van der Waals surface area contributed by atoms with E-state index >= 15 is 0 Å². The molecule has 0 bridgehead atoms. The van der Waals surface area contributed by atoms with E-state index in [1.165, 1.54) is 0 Å². The number of imidazole rings is 1. The van der Waals surface area contributed by atoms with Gasteiger partial charge in [-0.05, 0) is 4.98 Å². The fourth-order valence-corrected chi connectivity index (χ4v) is 2.22. The molecule has 0 aliphatic carbocycles. The largest absolute Gasteiger partial charge is 0.394 e. The minimum absolute atomic E-state index is 0.204. The lowest BCUT2D eigenvalue weighted by Gasteiger charge is -2.11. The quantitative estimate of drug-likeness (QED) is 0.397. The number of nitrogens with zero attached hydrogens (tertiary/aromatic N) is 3. The van der Waals surface area contributed by atoms with Gasteiger partial charge in [-0.15, -0.1) is 0 Å². The second-order valence-corrected chi connectivity index (χ2v) is 4.48. The molecule has 0 amide bonds. The van der Waals surface area contributed by atoms with Crippen molar-refractivity contribution in [3.05, 3.63) is 6.20 Å². The predicted octanol–water partition coefficient (Wildman–Crippen LogP) is -1.95. The summed E-state index contributed by atoms with van der Waals surface area (Å²) in [4.78, 5) is 10.9. The lowest BCUT2D eigenvalue weighted by atomic mass is 10.2. The van der Waals surface area contributed by atoms with Gasteiger partial charge >= 0.3 is 5.95 Å². The molecule has 3 heterocycles. The molecule has 0 spiro atoms. The smallest absolute Gasteiger partial charge is 0.393 e. The molecule has 1 aliphatic heterocycles. The van der Waals surface area contributed by atoms with Crippen molar-refractivity contribution in [3.63, 3.8) is 0 Å². The van der Waals surface area contributed by atoms with E-state index in [0.717, 1.165) is 0 Å². The van der Waals surface area contributed by atoms with E-state index in [-0.39, 0.29) is 18.5 Å². The number of anilines is 2. The van der Waals surface area contributed by atoms with Crippen molar-refractivity contribution >= 4 is 23.1 Å². The summed E-state index contributed by atoms with van der Waals surface area (Å²) in [5.74, 6) is 0.454. The van der Waals surface area contributed by atoms with Gasteiger partial charge in [0.05, 0.1) is 18.9 Å². The molecule has 0 saturated carbocycles. The molecule has 7 N–H and O–H groups in total. The van der Waals surface area contributed by atoms with Crippen molar-refractivity contribution in [1.82, 2.24) is 15.0 Å². The van der Waals surface area contributed by atoms with E-state index in [2.05, 4.69) is 15.0 Å². The van der Waals surface area contributed by atoms with Crippen LogP contribution in [0.5, 0.6) is 0 Å². The molecule has 102 valence electrons. The van der Waals surface area contributed by atoms with Gasteiger partial charge < -0.3 is 25.7 Å². The summed E-state index contributed by atoms with van der Waals surface area (Å²) in [6.45, 7) is -0.245. The minimum atomic E-state index is -0.732. The number of ether oxygens (including phenoxy) is 1. The van der Waals surface area contributed by atoms with Crippen LogP contribution in [-0.4, -0.2) is 44.0 Å². The summed E-state index contributed by atoms with van der Waals surface area (Å²) in [7, 11) is 0. The second kappa shape index (κ2) is 4.30. The monoisotopic (exact) mass is 267 g/mol. The summed E-state index contributed by atoms with van der Waals surface area (Å²) in [5.41, 5.74) is 12.4. The number of nitrogens with one attached hydrogen (secondary N) is 1. The number of hydrogen-bond donors (Lipinski definition) is 5. The van der Waals surface area contributed by atoms with Gasteiger partial charge in [0.2, 0.25) is 5.95 Å². The molecule has 1 fully saturated rings. The molecule has 3 rings (SSSR count). The number of hydrogen-bond acceptors (Lipinski definition) is 7. The Labute approximate surface area is 107 Å². The first-order valence-corrected chi connectivity index (χ1v) is 5.85. The van der Waals surface area contributed by atoms with E-state index in [1.54, 1.807) is 10.8 Å². The highest BCUT2D eigenvalue weighted by molar-refractivity contribution is 5.71. The third-order valence-electron chi connectivity index (χ3n) is 3.18. The number of rotatable bonds is 2. The van der Waals surface area contributed by atoms with Gasteiger partial charge in [0, 0.05) is 6.42 Å². The van der Waals surface area contributed by atoms with E-state index in [0.29, 0.717) is 17.6 Å². The zero-order valence-corrected chi connectivity index (χ0v) is 10.0. The number of aromatic amines is 1. The van der Waals surface area contributed by atoms with Crippen LogP contribution in [-0.2, 0) is 4.74 Å². The van der Waals surface area contributed by atoms with E-state index < -0.39 is 18.4 Å².